The van der Waals surface area contributed by atoms with Crippen LogP contribution in [0.4, 0.5) is 11.4 Å². The molecule has 1 N–H and O–H groups in total. The number of anilines is 2. The number of benzene rings is 3. The monoisotopic (exact) mass is 713 g/mol. The van der Waals surface area contributed by atoms with Crippen LogP contribution in [0.2, 0.25) is 0 Å². The van der Waals surface area contributed by atoms with E-state index in [2.05, 4.69) is 37.2 Å². The molecule has 3 atom stereocenters. The molecule has 0 aliphatic carbocycles. The number of fused-ring (bicyclic) bond motifs is 2. The smallest absolute Gasteiger partial charge is 0.308 e. The summed E-state index contributed by atoms with van der Waals surface area (Å²) in [5, 5.41) is 2.59. The second-order valence-electron chi connectivity index (χ2n) is 9.49. The summed E-state index contributed by atoms with van der Waals surface area (Å²) in [6, 6.07) is 21.5. The lowest BCUT2D eigenvalue weighted by molar-refractivity contribution is -0.122. The topological polar surface area (TPSA) is 97.7 Å². The minimum atomic E-state index is -0.757. The molecule has 0 bridgehead atoms. The van der Waals surface area contributed by atoms with Crippen LogP contribution >= 0.6 is 55.0 Å². The van der Waals surface area contributed by atoms with Gasteiger partial charge >= 0.3 is 4.87 Å². The fourth-order valence-electron chi connectivity index (χ4n) is 5.18. The molecule has 208 valence electrons. The van der Waals surface area contributed by atoms with Crippen molar-refractivity contribution in [2.45, 2.75) is 22.7 Å². The van der Waals surface area contributed by atoms with Gasteiger partial charge < -0.3 is 10.1 Å². The second-order valence-corrected chi connectivity index (χ2v) is 13.4. The summed E-state index contributed by atoms with van der Waals surface area (Å²) in [6.07, 6.45) is 0. The van der Waals surface area contributed by atoms with Crippen LogP contribution in [-0.4, -0.2) is 34.6 Å². The standard InChI is InChI=1S/C29H21Br2N3O5S2/c1-39-20-11-7-18(8-12-20)32-21(35)14-33-28-25(41-29(33)38)22(15-3-2-4-17(31)13-15)23-24(40-28)27(37)34(26(23)36)19-9-5-16(30)6-10-19/h2-13,22-24H,14H2,1H3,(H,32,35)/t22-,23-,24+/m0/s1. The van der Waals surface area contributed by atoms with E-state index in [1.807, 2.05) is 24.3 Å². The molecule has 1 fully saturated rings. The first-order chi connectivity index (χ1) is 19.7. The zero-order valence-electron chi connectivity index (χ0n) is 21.4. The van der Waals surface area contributed by atoms with Crippen molar-refractivity contribution in [2.75, 3.05) is 17.3 Å². The number of aromatic nitrogens is 1. The quantitative estimate of drug-likeness (QED) is 0.251. The molecular formula is C29H21Br2N3O5S2. The average molecular weight is 715 g/mol. The highest BCUT2D eigenvalue weighted by molar-refractivity contribution is 9.10. The van der Waals surface area contributed by atoms with Crippen molar-refractivity contribution in [1.82, 2.24) is 4.57 Å². The van der Waals surface area contributed by atoms with Crippen molar-refractivity contribution in [3.05, 3.63) is 102 Å². The number of thiazole rings is 1. The molecule has 41 heavy (non-hydrogen) atoms. The minimum Gasteiger partial charge on any atom is -0.497 e. The number of hydrogen-bond acceptors (Lipinski definition) is 7. The highest BCUT2D eigenvalue weighted by Gasteiger charge is 2.56. The Balaban J connectivity index is 1.39. The Morgan fingerprint density at radius 2 is 1.68 bits per heavy atom. The van der Waals surface area contributed by atoms with E-state index >= 15 is 0 Å². The third-order valence-corrected chi connectivity index (χ3v) is 10.6. The number of rotatable bonds is 6. The number of methoxy groups -OCH3 is 1. The zero-order valence-corrected chi connectivity index (χ0v) is 26.2. The van der Waals surface area contributed by atoms with Gasteiger partial charge in [0.15, 0.2) is 0 Å². The molecule has 0 unspecified atom stereocenters. The summed E-state index contributed by atoms with van der Waals surface area (Å²) in [5.41, 5.74) is 1.87. The molecule has 4 aromatic rings. The van der Waals surface area contributed by atoms with Crippen molar-refractivity contribution in [2.24, 2.45) is 5.92 Å². The largest absolute Gasteiger partial charge is 0.497 e. The predicted octanol–water partition coefficient (Wildman–Crippen LogP) is 5.88. The van der Waals surface area contributed by atoms with E-state index in [4.69, 9.17) is 4.74 Å². The number of carbonyl (C=O) groups excluding carboxylic acids is 3. The van der Waals surface area contributed by atoms with Crippen molar-refractivity contribution < 1.29 is 19.1 Å². The molecular weight excluding hydrogens is 694 g/mol. The van der Waals surface area contributed by atoms with Crippen LogP contribution in [0.3, 0.4) is 0 Å². The lowest BCUT2D eigenvalue weighted by Gasteiger charge is -2.30. The third-order valence-electron chi connectivity index (χ3n) is 7.02. The van der Waals surface area contributed by atoms with E-state index in [-0.39, 0.29) is 29.1 Å². The van der Waals surface area contributed by atoms with Gasteiger partial charge in [0.25, 0.3) is 0 Å². The van der Waals surface area contributed by atoms with Crippen LogP contribution in [0.25, 0.3) is 0 Å². The summed E-state index contributed by atoms with van der Waals surface area (Å²) in [5.74, 6) is -1.62. The Bertz CT molecular complexity index is 1740. The van der Waals surface area contributed by atoms with Gasteiger partial charge in [-0.05, 0) is 66.2 Å². The maximum absolute atomic E-state index is 13.9. The van der Waals surface area contributed by atoms with Gasteiger partial charge in [0.1, 0.15) is 17.5 Å². The Morgan fingerprint density at radius 1 is 0.951 bits per heavy atom. The van der Waals surface area contributed by atoms with Crippen molar-refractivity contribution in [3.8, 4) is 5.75 Å². The predicted molar refractivity (Wildman–Crippen MR) is 166 cm³/mol. The van der Waals surface area contributed by atoms with Gasteiger partial charge in [-0.1, -0.05) is 67.1 Å². The Labute approximate surface area is 260 Å². The highest BCUT2D eigenvalue weighted by atomic mass is 79.9. The molecule has 0 spiro atoms. The molecule has 2 aliphatic heterocycles. The van der Waals surface area contributed by atoms with Gasteiger partial charge in [-0.25, -0.2) is 4.90 Å². The second kappa shape index (κ2) is 11.2. The van der Waals surface area contributed by atoms with Gasteiger partial charge in [0, 0.05) is 25.4 Å². The molecule has 8 nitrogen and oxygen atoms in total. The van der Waals surface area contributed by atoms with Gasteiger partial charge in [0.05, 0.1) is 23.7 Å². The molecule has 6 rings (SSSR count). The lowest BCUT2D eigenvalue weighted by Crippen LogP contribution is -2.33. The third kappa shape index (κ3) is 5.18. The first kappa shape index (κ1) is 28.0. The van der Waals surface area contributed by atoms with Crippen LogP contribution < -0.4 is 19.8 Å². The van der Waals surface area contributed by atoms with Gasteiger partial charge in [-0.2, -0.15) is 0 Å². The summed E-state index contributed by atoms with van der Waals surface area (Å²) >= 11 is 9.13. The van der Waals surface area contributed by atoms with E-state index in [9.17, 15) is 19.2 Å². The molecule has 2 aliphatic rings. The minimum absolute atomic E-state index is 0.231. The number of thioether (sulfide) groups is 1. The zero-order chi connectivity index (χ0) is 28.8. The van der Waals surface area contributed by atoms with Gasteiger partial charge in [-0.15, -0.1) is 0 Å². The van der Waals surface area contributed by atoms with E-state index < -0.39 is 17.1 Å². The normalized spacial score (nSPS) is 19.6. The number of nitrogens with zero attached hydrogens (tertiary/aromatic N) is 2. The first-order valence-corrected chi connectivity index (χ1v) is 15.8. The highest BCUT2D eigenvalue weighted by Crippen LogP contribution is 2.54. The molecule has 3 aromatic carbocycles. The van der Waals surface area contributed by atoms with Crippen LogP contribution in [0.15, 0.2) is 91.6 Å². The number of amides is 3. The average Bonchev–Trinajstić information content (AvgIpc) is 3.40. The Hall–Kier alpha value is -3.19. The fourth-order valence-corrected chi connectivity index (χ4v) is 8.63. The van der Waals surface area contributed by atoms with Crippen molar-refractivity contribution >= 4 is 84.1 Å². The number of halogens is 2. The molecule has 12 heteroatoms. The molecule has 0 saturated carbocycles. The number of nitrogens with one attached hydrogen (secondary N) is 1. The molecule has 1 saturated heterocycles. The van der Waals surface area contributed by atoms with E-state index in [1.165, 1.54) is 21.2 Å². The Kier molecular flexibility index (Phi) is 7.66. The number of ether oxygens (including phenoxy) is 1. The van der Waals surface area contributed by atoms with Crippen molar-refractivity contribution in [3.63, 3.8) is 0 Å². The fraction of sp³-hybridized carbons (Fsp3) is 0.172. The van der Waals surface area contributed by atoms with Crippen molar-refractivity contribution in [1.29, 1.82) is 0 Å². The summed E-state index contributed by atoms with van der Waals surface area (Å²) in [6.45, 7) is -0.231. The van der Waals surface area contributed by atoms with Crippen LogP contribution in [0.1, 0.15) is 16.4 Å². The number of carbonyl (C=O) groups is 3. The molecule has 1 aromatic heterocycles. The van der Waals surface area contributed by atoms with E-state index in [1.54, 1.807) is 55.6 Å². The number of imide groups is 1. The van der Waals surface area contributed by atoms with E-state index in [0.717, 1.165) is 25.8 Å². The molecule has 3 amide bonds. The summed E-state index contributed by atoms with van der Waals surface area (Å²) in [4.78, 5) is 55.7. The summed E-state index contributed by atoms with van der Waals surface area (Å²) < 4.78 is 8.22. The van der Waals surface area contributed by atoms with Gasteiger partial charge in [0.2, 0.25) is 17.7 Å². The van der Waals surface area contributed by atoms with Crippen LogP contribution in [0, 0.1) is 5.92 Å². The number of hydrogen-bond donors (Lipinski definition) is 1. The molecule has 3 heterocycles. The maximum atomic E-state index is 13.9. The Morgan fingerprint density at radius 3 is 2.37 bits per heavy atom. The van der Waals surface area contributed by atoms with Gasteiger partial charge in [-0.3, -0.25) is 23.7 Å². The molecule has 0 radical (unpaired) electrons. The summed E-state index contributed by atoms with van der Waals surface area (Å²) in [7, 11) is 1.56. The maximum Gasteiger partial charge on any atom is 0.308 e. The first-order valence-electron chi connectivity index (χ1n) is 12.5. The van der Waals surface area contributed by atoms with Crippen LogP contribution in [0.5, 0.6) is 5.75 Å². The van der Waals surface area contributed by atoms with Crippen LogP contribution in [-0.2, 0) is 20.9 Å². The van der Waals surface area contributed by atoms with E-state index in [0.29, 0.717) is 27.0 Å². The SMILES string of the molecule is COc1ccc(NC(=O)Cn2c3c(sc2=O)[C@@H](c2cccc(Br)c2)[C@@H]2C(=O)N(c4ccc(Br)cc4)C(=O)[C@@H]2S3)cc1. The lowest BCUT2D eigenvalue weighted by atomic mass is 9.83.